The lowest BCUT2D eigenvalue weighted by molar-refractivity contribution is -0.128. The smallest absolute Gasteiger partial charge is 0.407 e. The molecule has 0 aliphatic heterocycles. The molecule has 246 valence electrons. The van der Waals surface area contributed by atoms with Crippen molar-refractivity contribution in [3.05, 3.63) is 87.0 Å². The third kappa shape index (κ3) is 8.37. The van der Waals surface area contributed by atoms with Crippen LogP contribution >= 0.6 is 22.6 Å². The largest absolute Gasteiger partial charge is 0.449 e. The molecule has 0 bridgehead atoms. The molecular formula is C36H46IN3O5Si. The first-order valence-corrected chi connectivity index (χ1v) is 19.7. The van der Waals surface area contributed by atoms with Crippen molar-refractivity contribution in [2.75, 3.05) is 11.9 Å². The summed E-state index contributed by atoms with van der Waals surface area (Å²) < 4.78 is 13.0. The minimum atomic E-state index is -1.89. The van der Waals surface area contributed by atoms with Crippen LogP contribution in [0.4, 0.5) is 10.5 Å². The van der Waals surface area contributed by atoms with E-state index in [-0.39, 0.29) is 29.4 Å². The second-order valence-electron chi connectivity index (χ2n) is 13.8. The van der Waals surface area contributed by atoms with E-state index in [1.54, 1.807) is 6.92 Å². The molecule has 46 heavy (non-hydrogen) atoms. The number of rotatable bonds is 11. The lowest BCUT2D eigenvalue weighted by Crippen LogP contribution is -2.53. The molecule has 0 heterocycles. The van der Waals surface area contributed by atoms with Crippen LogP contribution in [0.1, 0.15) is 64.2 Å². The molecule has 2 unspecified atom stereocenters. The number of alkyl carbamates (subject to hydrolysis) is 1. The summed E-state index contributed by atoms with van der Waals surface area (Å²) in [6.07, 6.45) is -0.681. The molecule has 0 saturated heterocycles. The highest BCUT2D eigenvalue weighted by molar-refractivity contribution is 14.1. The van der Waals surface area contributed by atoms with Crippen molar-refractivity contribution in [2.45, 2.75) is 84.3 Å². The quantitative estimate of drug-likeness (QED) is 0.137. The molecule has 1 aliphatic rings. The summed E-state index contributed by atoms with van der Waals surface area (Å²) in [4.78, 5) is 39.2. The minimum Gasteiger partial charge on any atom is -0.449 e. The summed E-state index contributed by atoms with van der Waals surface area (Å²) in [5.74, 6) is -1.15. The van der Waals surface area contributed by atoms with Crippen LogP contribution < -0.4 is 16.0 Å². The van der Waals surface area contributed by atoms with Gasteiger partial charge >= 0.3 is 6.09 Å². The van der Waals surface area contributed by atoms with Gasteiger partial charge in [-0.25, -0.2) is 4.79 Å². The fourth-order valence-corrected chi connectivity index (χ4v) is 6.76. The highest BCUT2D eigenvalue weighted by Crippen LogP contribution is 2.44. The predicted molar refractivity (Wildman–Crippen MR) is 194 cm³/mol. The molecule has 3 aromatic carbocycles. The maximum absolute atomic E-state index is 13.2. The minimum absolute atomic E-state index is 0.0879. The third-order valence-corrected chi connectivity index (χ3v) is 14.5. The van der Waals surface area contributed by atoms with E-state index in [2.05, 4.69) is 96.7 Å². The summed E-state index contributed by atoms with van der Waals surface area (Å²) in [6.45, 7) is 17.0. The highest BCUT2D eigenvalue weighted by Gasteiger charge is 2.37. The van der Waals surface area contributed by atoms with Crippen molar-refractivity contribution >= 4 is 54.5 Å². The van der Waals surface area contributed by atoms with E-state index in [1.165, 1.54) is 0 Å². The van der Waals surface area contributed by atoms with E-state index in [1.807, 2.05) is 56.3 Å². The average molecular weight is 756 g/mol. The number of nitrogens with one attached hydrogen (secondary N) is 3. The van der Waals surface area contributed by atoms with E-state index < -0.39 is 32.4 Å². The standard InChI is InChI=1S/C36H46IN3O5Si/c1-22(2)32(40-35(43)44-21-30-28-15-11-9-13-26(28)27-14-10-12-16-29(27)30)34(42)38-23(3)33(41)39-25-18-17-24(31(37)19-25)20-45-46(7,8)36(4,5)6/h9-19,22-23,30,32H,20-21H2,1-8H3,(H,38,42)(H,39,41)(H,40,43). The Bertz CT molecular complexity index is 1540. The molecule has 3 N–H and O–H groups in total. The van der Waals surface area contributed by atoms with Gasteiger partial charge in [0, 0.05) is 15.2 Å². The van der Waals surface area contributed by atoms with E-state index in [0.29, 0.717) is 12.3 Å². The Balaban J connectivity index is 1.30. The first kappa shape index (κ1) is 35.6. The Morgan fingerprint density at radius 2 is 1.46 bits per heavy atom. The fourth-order valence-electron chi connectivity index (χ4n) is 5.14. The number of amides is 3. The van der Waals surface area contributed by atoms with Crippen LogP contribution in [-0.4, -0.2) is 44.9 Å². The number of hydrogen-bond donors (Lipinski definition) is 3. The van der Waals surface area contributed by atoms with Crippen LogP contribution in [0, 0.1) is 9.49 Å². The van der Waals surface area contributed by atoms with Crippen LogP contribution in [0.3, 0.4) is 0 Å². The molecule has 0 aromatic heterocycles. The average Bonchev–Trinajstić information content (AvgIpc) is 3.31. The molecule has 0 fully saturated rings. The number of ether oxygens (including phenoxy) is 1. The molecule has 4 rings (SSSR count). The predicted octanol–water partition coefficient (Wildman–Crippen LogP) is 7.82. The Kier molecular flexibility index (Phi) is 11.4. The number of benzene rings is 3. The summed E-state index contributed by atoms with van der Waals surface area (Å²) >= 11 is 2.25. The van der Waals surface area contributed by atoms with Gasteiger partial charge in [-0.15, -0.1) is 0 Å². The van der Waals surface area contributed by atoms with Gasteiger partial charge in [0.1, 0.15) is 18.7 Å². The monoisotopic (exact) mass is 755 g/mol. The van der Waals surface area contributed by atoms with Crippen molar-refractivity contribution in [2.24, 2.45) is 5.92 Å². The second kappa shape index (κ2) is 14.7. The van der Waals surface area contributed by atoms with Crippen LogP contribution in [0.25, 0.3) is 11.1 Å². The second-order valence-corrected chi connectivity index (χ2v) is 19.7. The van der Waals surface area contributed by atoms with Crippen molar-refractivity contribution in [1.29, 1.82) is 0 Å². The number of anilines is 1. The fraction of sp³-hybridized carbons (Fsp3) is 0.417. The lowest BCUT2D eigenvalue weighted by atomic mass is 9.98. The van der Waals surface area contributed by atoms with Crippen LogP contribution in [0.2, 0.25) is 18.1 Å². The molecule has 1 aliphatic carbocycles. The SMILES string of the molecule is CC(NC(=O)C(NC(=O)OCC1c2ccccc2-c2ccccc21)C(C)C)C(=O)Nc1ccc(CO[Si](C)(C)C(C)(C)C)c(I)c1. The van der Waals surface area contributed by atoms with Crippen molar-refractivity contribution in [3.63, 3.8) is 0 Å². The lowest BCUT2D eigenvalue weighted by Gasteiger charge is -2.36. The number of hydrogen-bond acceptors (Lipinski definition) is 5. The van der Waals surface area contributed by atoms with Crippen LogP contribution in [0.5, 0.6) is 0 Å². The van der Waals surface area contributed by atoms with E-state index in [9.17, 15) is 14.4 Å². The summed E-state index contributed by atoms with van der Waals surface area (Å²) in [5, 5.41) is 8.46. The molecule has 3 aromatic rings. The van der Waals surface area contributed by atoms with Gasteiger partial charge in [-0.2, -0.15) is 0 Å². The molecule has 0 saturated carbocycles. The van der Waals surface area contributed by atoms with Gasteiger partial charge in [-0.1, -0.05) is 89.2 Å². The van der Waals surface area contributed by atoms with E-state index >= 15 is 0 Å². The maximum atomic E-state index is 13.2. The molecule has 0 radical (unpaired) electrons. The zero-order valence-corrected chi connectivity index (χ0v) is 31.2. The third-order valence-electron chi connectivity index (χ3n) is 9.03. The van der Waals surface area contributed by atoms with Gasteiger partial charge in [0.15, 0.2) is 8.32 Å². The van der Waals surface area contributed by atoms with Gasteiger partial charge in [0.2, 0.25) is 11.8 Å². The van der Waals surface area contributed by atoms with Gasteiger partial charge in [0.25, 0.3) is 0 Å². The maximum Gasteiger partial charge on any atom is 0.407 e. The van der Waals surface area contributed by atoms with Crippen molar-refractivity contribution in [1.82, 2.24) is 10.6 Å². The van der Waals surface area contributed by atoms with Gasteiger partial charge in [-0.05, 0) is 93.5 Å². The molecule has 2 atom stereocenters. The zero-order valence-electron chi connectivity index (χ0n) is 28.0. The molecule has 8 nitrogen and oxygen atoms in total. The van der Waals surface area contributed by atoms with E-state index in [4.69, 9.17) is 9.16 Å². The summed E-state index contributed by atoms with van der Waals surface area (Å²) in [5.41, 5.74) is 6.18. The van der Waals surface area contributed by atoms with Crippen LogP contribution in [-0.2, 0) is 25.4 Å². The van der Waals surface area contributed by atoms with Gasteiger partial charge in [-0.3, -0.25) is 9.59 Å². The van der Waals surface area contributed by atoms with Gasteiger partial charge < -0.3 is 25.1 Å². The summed E-state index contributed by atoms with van der Waals surface area (Å²) in [7, 11) is -1.89. The zero-order chi connectivity index (χ0) is 33.8. The molecule has 3 amide bonds. The first-order chi connectivity index (χ1) is 21.6. The Morgan fingerprint density at radius 1 is 0.870 bits per heavy atom. The first-order valence-electron chi connectivity index (χ1n) is 15.7. The number of carbonyl (C=O) groups is 3. The highest BCUT2D eigenvalue weighted by atomic mass is 127. The van der Waals surface area contributed by atoms with E-state index in [0.717, 1.165) is 31.4 Å². The van der Waals surface area contributed by atoms with Crippen molar-refractivity contribution in [3.8, 4) is 11.1 Å². The van der Waals surface area contributed by atoms with Gasteiger partial charge in [0.05, 0.1) is 6.61 Å². The number of carbonyl (C=O) groups excluding carboxylic acids is 3. The molecule has 0 spiro atoms. The normalized spacial score (nSPS) is 14.2. The Hall–Kier alpha value is -3.22. The Labute approximate surface area is 287 Å². The Morgan fingerprint density at radius 3 is 2.00 bits per heavy atom. The number of halogens is 1. The molecule has 10 heteroatoms. The topological polar surface area (TPSA) is 106 Å². The summed E-state index contributed by atoms with van der Waals surface area (Å²) in [6, 6.07) is 20.2. The molecular weight excluding hydrogens is 709 g/mol. The van der Waals surface area contributed by atoms with Crippen LogP contribution in [0.15, 0.2) is 66.7 Å². The van der Waals surface area contributed by atoms with Crippen molar-refractivity contribution < 1.29 is 23.5 Å². The number of fused-ring (bicyclic) bond motifs is 3.